The van der Waals surface area contributed by atoms with Crippen LogP contribution in [0.5, 0.6) is 0 Å². The van der Waals surface area contributed by atoms with E-state index < -0.39 is 0 Å². The summed E-state index contributed by atoms with van der Waals surface area (Å²) in [6.07, 6.45) is 3.12. The molecule has 2 saturated heterocycles. The lowest BCUT2D eigenvalue weighted by Gasteiger charge is -2.37. The first-order valence-corrected chi connectivity index (χ1v) is 8.85. The van der Waals surface area contributed by atoms with Gasteiger partial charge in [-0.05, 0) is 31.5 Å². The molecular weight excluding hydrogens is 302 g/mol. The second kappa shape index (κ2) is 6.63. The van der Waals surface area contributed by atoms with Crippen molar-refractivity contribution >= 4 is 5.65 Å². The predicted octanol–water partition coefficient (Wildman–Crippen LogP) is 0.482. The van der Waals surface area contributed by atoms with Crippen LogP contribution in [-0.2, 0) is 6.54 Å². The van der Waals surface area contributed by atoms with Crippen molar-refractivity contribution in [3.05, 3.63) is 46.0 Å². The molecule has 0 bridgehead atoms. The van der Waals surface area contributed by atoms with E-state index in [9.17, 15) is 4.79 Å². The monoisotopic (exact) mass is 327 g/mol. The molecule has 2 aliphatic rings. The third kappa shape index (κ3) is 3.22. The highest BCUT2D eigenvalue weighted by molar-refractivity contribution is 5.39. The van der Waals surface area contributed by atoms with Crippen molar-refractivity contribution in [3.8, 4) is 0 Å². The number of piperazine rings is 1. The summed E-state index contributed by atoms with van der Waals surface area (Å²) in [6.45, 7) is 9.33. The van der Waals surface area contributed by atoms with Crippen LogP contribution in [0, 0.1) is 6.92 Å². The summed E-state index contributed by atoms with van der Waals surface area (Å²) in [5.74, 6) is 0. The van der Waals surface area contributed by atoms with Gasteiger partial charge in [0.05, 0.1) is 5.69 Å². The van der Waals surface area contributed by atoms with Gasteiger partial charge in [-0.25, -0.2) is 4.98 Å². The number of nitrogens with one attached hydrogen (secondary N) is 1. The third-order valence-corrected chi connectivity index (χ3v) is 5.20. The van der Waals surface area contributed by atoms with Gasteiger partial charge in [0.2, 0.25) is 0 Å². The number of rotatable bonds is 3. The van der Waals surface area contributed by atoms with Crippen molar-refractivity contribution in [1.82, 2.24) is 24.5 Å². The highest BCUT2D eigenvalue weighted by Crippen LogP contribution is 2.13. The Hall–Kier alpha value is -1.76. The van der Waals surface area contributed by atoms with E-state index in [1.54, 1.807) is 10.5 Å². The number of nitrogens with zero attached hydrogens (tertiary/aromatic N) is 4. The first-order chi connectivity index (χ1) is 11.7. The van der Waals surface area contributed by atoms with Crippen molar-refractivity contribution in [3.63, 3.8) is 0 Å². The van der Waals surface area contributed by atoms with E-state index in [1.165, 1.54) is 6.42 Å². The van der Waals surface area contributed by atoms with Crippen LogP contribution < -0.4 is 10.9 Å². The molecule has 24 heavy (non-hydrogen) atoms. The lowest BCUT2D eigenvalue weighted by Crippen LogP contribution is -2.50. The Bertz CT molecular complexity index is 773. The van der Waals surface area contributed by atoms with Gasteiger partial charge in [-0.2, -0.15) is 0 Å². The molecule has 2 fully saturated rings. The number of hydrogen-bond acceptors (Lipinski definition) is 5. The van der Waals surface area contributed by atoms with E-state index in [2.05, 4.69) is 20.1 Å². The first-order valence-electron chi connectivity index (χ1n) is 8.85. The highest BCUT2D eigenvalue weighted by Gasteiger charge is 2.26. The van der Waals surface area contributed by atoms with Gasteiger partial charge >= 0.3 is 0 Å². The van der Waals surface area contributed by atoms with Crippen molar-refractivity contribution in [2.75, 3.05) is 39.3 Å². The number of aryl methyl sites for hydroxylation is 1. The summed E-state index contributed by atoms with van der Waals surface area (Å²) in [7, 11) is 0. The Labute approximate surface area is 142 Å². The molecule has 1 N–H and O–H groups in total. The van der Waals surface area contributed by atoms with Crippen LogP contribution in [0.25, 0.3) is 5.65 Å². The van der Waals surface area contributed by atoms with E-state index in [0.29, 0.717) is 6.04 Å². The second-order valence-corrected chi connectivity index (χ2v) is 6.98. The molecule has 0 amide bonds. The standard InChI is InChI=1S/C18H25N5O/c1-14-2-3-17-20-15(10-18(24)23(17)12-14)13-21-6-8-22(9-7-21)16-4-5-19-11-16/h2-3,10,12,16,19H,4-9,11,13H2,1H3. The lowest BCUT2D eigenvalue weighted by atomic mass is 10.2. The number of pyridine rings is 1. The molecule has 6 heteroatoms. The van der Waals surface area contributed by atoms with Crippen LogP contribution in [0.2, 0.25) is 0 Å². The largest absolute Gasteiger partial charge is 0.315 e. The van der Waals surface area contributed by atoms with E-state index in [4.69, 9.17) is 0 Å². The number of hydrogen-bond donors (Lipinski definition) is 1. The molecule has 0 aliphatic carbocycles. The fourth-order valence-corrected chi connectivity index (χ4v) is 3.81. The van der Waals surface area contributed by atoms with Gasteiger partial charge < -0.3 is 5.32 Å². The van der Waals surface area contributed by atoms with Crippen molar-refractivity contribution in [2.24, 2.45) is 0 Å². The molecule has 2 aromatic heterocycles. The van der Waals surface area contributed by atoms with E-state index in [1.807, 2.05) is 25.3 Å². The highest BCUT2D eigenvalue weighted by atomic mass is 16.1. The van der Waals surface area contributed by atoms with Crippen molar-refractivity contribution < 1.29 is 0 Å². The lowest BCUT2D eigenvalue weighted by molar-refractivity contribution is 0.0973. The van der Waals surface area contributed by atoms with Crippen LogP contribution in [0.15, 0.2) is 29.2 Å². The molecule has 0 aromatic carbocycles. The third-order valence-electron chi connectivity index (χ3n) is 5.20. The smallest absolute Gasteiger partial charge is 0.258 e. The number of fused-ring (bicyclic) bond motifs is 1. The maximum Gasteiger partial charge on any atom is 0.258 e. The Kier molecular flexibility index (Phi) is 4.35. The SMILES string of the molecule is Cc1ccc2nc(CN3CCN(C4CCNC4)CC3)cc(=O)n2c1. The fraction of sp³-hybridized carbons (Fsp3) is 0.556. The average molecular weight is 327 g/mol. The van der Waals surface area contributed by atoms with E-state index in [-0.39, 0.29) is 5.56 Å². The van der Waals surface area contributed by atoms with Crippen LogP contribution in [-0.4, -0.2) is 64.5 Å². The average Bonchev–Trinajstić information content (AvgIpc) is 3.11. The zero-order valence-electron chi connectivity index (χ0n) is 14.2. The molecule has 1 atom stereocenters. The molecule has 0 spiro atoms. The fourth-order valence-electron chi connectivity index (χ4n) is 3.81. The Morgan fingerprint density at radius 3 is 2.83 bits per heavy atom. The summed E-state index contributed by atoms with van der Waals surface area (Å²) in [5.41, 5.74) is 2.68. The summed E-state index contributed by atoms with van der Waals surface area (Å²) in [4.78, 5) is 22.0. The number of aromatic nitrogens is 2. The molecule has 4 heterocycles. The summed E-state index contributed by atoms with van der Waals surface area (Å²) in [6, 6.07) is 6.31. The minimum Gasteiger partial charge on any atom is -0.315 e. The van der Waals surface area contributed by atoms with Gasteiger partial charge in [0.25, 0.3) is 5.56 Å². The summed E-state index contributed by atoms with van der Waals surface area (Å²) < 4.78 is 1.63. The van der Waals surface area contributed by atoms with Gasteiger partial charge in [-0.15, -0.1) is 0 Å². The van der Waals surface area contributed by atoms with Crippen molar-refractivity contribution in [2.45, 2.75) is 25.9 Å². The Morgan fingerprint density at radius 1 is 1.25 bits per heavy atom. The predicted molar refractivity (Wildman–Crippen MR) is 94.3 cm³/mol. The molecule has 0 saturated carbocycles. The van der Waals surface area contributed by atoms with Gasteiger partial charge in [0, 0.05) is 57.6 Å². The van der Waals surface area contributed by atoms with Crippen molar-refractivity contribution in [1.29, 1.82) is 0 Å². The molecule has 6 nitrogen and oxygen atoms in total. The van der Waals surface area contributed by atoms with Gasteiger partial charge in [-0.1, -0.05) is 6.07 Å². The van der Waals surface area contributed by atoms with Gasteiger partial charge in [0.15, 0.2) is 0 Å². The Morgan fingerprint density at radius 2 is 2.08 bits per heavy atom. The minimum absolute atomic E-state index is 0.00867. The quantitative estimate of drug-likeness (QED) is 0.889. The van der Waals surface area contributed by atoms with E-state index in [0.717, 1.165) is 62.7 Å². The molecule has 128 valence electrons. The van der Waals surface area contributed by atoms with Crippen LogP contribution >= 0.6 is 0 Å². The topological polar surface area (TPSA) is 52.9 Å². The van der Waals surface area contributed by atoms with Gasteiger partial charge in [-0.3, -0.25) is 19.0 Å². The zero-order valence-corrected chi connectivity index (χ0v) is 14.2. The summed E-state index contributed by atoms with van der Waals surface area (Å²) >= 11 is 0. The van der Waals surface area contributed by atoms with Gasteiger partial charge in [0.1, 0.15) is 5.65 Å². The molecule has 4 rings (SSSR count). The summed E-state index contributed by atoms with van der Waals surface area (Å²) in [5, 5.41) is 3.45. The molecule has 1 unspecified atom stereocenters. The molecule has 0 radical (unpaired) electrons. The molecular formula is C18H25N5O. The second-order valence-electron chi connectivity index (χ2n) is 6.98. The first kappa shape index (κ1) is 15.7. The van der Waals surface area contributed by atoms with Crippen LogP contribution in [0.4, 0.5) is 0 Å². The molecule has 2 aliphatic heterocycles. The van der Waals surface area contributed by atoms with E-state index >= 15 is 0 Å². The zero-order chi connectivity index (χ0) is 16.5. The maximum atomic E-state index is 12.3. The van der Waals surface area contributed by atoms with Crippen LogP contribution in [0.1, 0.15) is 17.7 Å². The maximum absolute atomic E-state index is 12.3. The minimum atomic E-state index is 0.00867. The normalized spacial score (nSPS) is 23.1. The molecule has 2 aromatic rings. The Balaban J connectivity index is 1.43. The van der Waals surface area contributed by atoms with Crippen LogP contribution in [0.3, 0.4) is 0 Å².